The van der Waals surface area contributed by atoms with Crippen LogP contribution in [-0.4, -0.2) is 58.3 Å². The number of hydrogen-bond acceptors (Lipinski definition) is 5. The molecule has 0 aromatic heterocycles. The second-order valence-electron chi connectivity index (χ2n) is 8.73. The fourth-order valence-electron chi connectivity index (χ4n) is 4.90. The fraction of sp³-hybridized carbons (Fsp3) is 0.500. The summed E-state index contributed by atoms with van der Waals surface area (Å²) in [5.41, 5.74) is 6.47. The van der Waals surface area contributed by atoms with Crippen molar-refractivity contribution >= 4 is 5.91 Å². The number of carbonyl (C=O) groups is 1. The third kappa shape index (κ3) is 4.56. The van der Waals surface area contributed by atoms with E-state index in [1.165, 1.54) is 27.8 Å². The zero-order valence-corrected chi connectivity index (χ0v) is 19.6. The summed E-state index contributed by atoms with van der Waals surface area (Å²) in [7, 11) is 5.04. The first-order valence-electron chi connectivity index (χ1n) is 11.4. The van der Waals surface area contributed by atoms with Gasteiger partial charge in [-0.15, -0.1) is 0 Å². The number of carbonyl (C=O) groups excluding carboxylic acids is 1. The van der Waals surface area contributed by atoms with Gasteiger partial charge in [0.2, 0.25) is 5.91 Å². The molecule has 4 rings (SSSR count). The molecule has 0 spiro atoms. The van der Waals surface area contributed by atoms with Crippen molar-refractivity contribution in [3.8, 4) is 17.2 Å². The molecule has 0 radical (unpaired) electrons. The van der Waals surface area contributed by atoms with E-state index in [9.17, 15) is 4.79 Å². The van der Waals surface area contributed by atoms with Crippen LogP contribution in [0.2, 0.25) is 0 Å². The highest BCUT2D eigenvalue weighted by atomic mass is 16.5. The van der Waals surface area contributed by atoms with Gasteiger partial charge in [-0.2, -0.15) is 0 Å². The summed E-state index contributed by atoms with van der Waals surface area (Å²) in [6.45, 7) is 5.19. The molecule has 172 valence electrons. The molecule has 0 bridgehead atoms. The topological polar surface area (TPSA) is 60.0 Å². The SMILES string of the molecule is COc1cc2c(cc1C)CC2CNCCC(=O)N1CCc2cc(OC)c(OC)cc2CC1. The Hall–Kier alpha value is -2.73. The highest BCUT2D eigenvalue weighted by Crippen LogP contribution is 2.38. The number of benzene rings is 2. The van der Waals surface area contributed by atoms with Crippen LogP contribution in [-0.2, 0) is 24.1 Å². The number of methoxy groups -OCH3 is 3. The molecule has 2 aromatic rings. The van der Waals surface area contributed by atoms with Crippen LogP contribution in [0, 0.1) is 6.92 Å². The quantitative estimate of drug-likeness (QED) is 0.641. The lowest BCUT2D eigenvalue weighted by Crippen LogP contribution is -2.36. The minimum absolute atomic E-state index is 0.218. The molecule has 6 heteroatoms. The average Bonchev–Trinajstić information content (AvgIpc) is 3.01. The maximum Gasteiger partial charge on any atom is 0.223 e. The first kappa shape index (κ1) is 22.5. The van der Waals surface area contributed by atoms with Crippen molar-refractivity contribution in [1.29, 1.82) is 0 Å². The molecule has 32 heavy (non-hydrogen) atoms. The number of ether oxygens (including phenoxy) is 3. The number of fused-ring (bicyclic) bond motifs is 2. The van der Waals surface area contributed by atoms with E-state index in [4.69, 9.17) is 14.2 Å². The molecule has 0 saturated carbocycles. The maximum absolute atomic E-state index is 12.8. The largest absolute Gasteiger partial charge is 0.496 e. The molecule has 1 amide bonds. The second kappa shape index (κ2) is 9.82. The zero-order chi connectivity index (χ0) is 22.7. The van der Waals surface area contributed by atoms with Crippen LogP contribution in [0.4, 0.5) is 0 Å². The normalized spacial score (nSPS) is 17.0. The van der Waals surface area contributed by atoms with E-state index in [-0.39, 0.29) is 5.91 Å². The molecule has 2 aliphatic rings. The highest BCUT2D eigenvalue weighted by molar-refractivity contribution is 5.76. The van der Waals surface area contributed by atoms with Gasteiger partial charge in [0.05, 0.1) is 21.3 Å². The molecule has 2 aromatic carbocycles. The number of amides is 1. The summed E-state index contributed by atoms with van der Waals surface area (Å²) in [4.78, 5) is 14.8. The molecule has 0 saturated heterocycles. The smallest absolute Gasteiger partial charge is 0.223 e. The monoisotopic (exact) mass is 438 g/mol. The van der Waals surface area contributed by atoms with E-state index in [0.29, 0.717) is 18.9 Å². The molecule has 1 unspecified atom stereocenters. The Morgan fingerprint density at radius 1 is 0.938 bits per heavy atom. The lowest BCUT2D eigenvalue weighted by atomic mass is 9.76. The van der Waals surface area contributed by atoms with Gasteiger partial charge in [0.25, 0.3) is 0 Å². The molecular weight excluding hydrogens is 404 g/mol. The van der Waals surface area contributed by atoms with Crippen LogP contribution >= 0.6 is 0 Å². The van der Waals surface area contributed by atoms with Crippen molar-refractivity contribution in [1.82, 2.24) is 10.2 Å². The number of aryl methyl sites for hydroxylation is 1. The Kier molecular flexibility index (Phi) is 6.89. The Morgan fingerprint density at radius 3 is 2.16 bits per heavy atom. The molecule has 1 N–H and O–H groups in total. The lowest BCUT2D eigenvalue weighted by Gasteiger charge is -2.31. The Morgan fingerprint density at radius 2 is 1.56 bits per heavy atom. The van der Waals surface area contributed by atoms with Crippen LogP contribution in [0.3, 0.4) is 0 Å². The molecule has 1 aliphatic carbocycles. The van der Waals surface area contributed by atoms with Crippen molar-refractivity contribution in [3.63, 3.8) is 0 Å². The first-order chi connectivity index (χ1) is 15.5. The van der Waals surface area contributed by atoms with Gasteiger partial charge in [0.15, 0.2) is 11.5 Å². The summed E-state index contributed by atoms with van der Waals surface area (Å²) < 4.78 is 16.3. The van der Waals surface area contributed by atoms with E-state index >= 15 is 0 Å². The van der Waals surface area contributed by atoms with Crippen molar-refractivity contribution in [2.24, 2.45) is 0 Å². The van der Waals surface area contributed by atoms with Gasteiger partial charge >= 0.3 is 0 Å². The van der Waals surface area contributed by atoms with Crippen LogP contribution in [0.15, 0.2) is 24.3 Å². The number of nitrogens with zero attached hydrogens (tertiary/aromatic N) is 1. The first-order valence-corrected chi connectivity index (χ1v) is 11.4. The third-order valence-electron chi connectivity index (χ3n) is 6.83. The summed E-state index contributed by atoms with van der Waals surface area (Å²) in [5.74, 6) is 3.19. The highest BCUT2D eigenvalue weighted by Gasteiger charge is 2.27. The maximum atomic E-state index is 12.8. The molecule has 6 nitrogen and oxygen atoms in total. The molecule has 1 atom stereocenters. The Labute approximate surface area is 190 Å². The zero-order valence-electron chi connectivity index (χ0n) is 19.6. The summed E-state index contributed by atoms with van der Waals surface area (Å²) in [6.07, 6.45) is 3.31. The summed E-state index contributed by atoms with van der Waals surface area (Å²) in [5, 5.41) is 3.49. The van der Waals surface area contributed by atoms with Crippen LogP contribution < -0.4 is 19.5 Å². The van der Waals surface area contributed by atoms with Crippen LogP contribution in [0.5, 0.6) is 17.2 Å². The van der Waals surface area contributed by atoms with Crippen molar-refractivity contribution in [3.05, 3.63) is 52.1 Å². The van der Waals surface area contributed by atoms with E-state index in [1.54, 1.807) is 21.3 Å². The van der Waals surface area contributed by atoms with E-state index in [1.807, 2.05) is 4.90 Å². The van der Waals surface area contributed by atoms with Crippen molar-refractivity contribution in [2.45, 2.75) is 38.5 Å². The number of nitrogens with one attached hydrogen (secondary N) is 1. The molecule has 1 aliphatic heterocycles. The summed E-state index contributed by atoms with van der Waals surface area (Å²) in [6, 6.07) is 8.51. The van der Waals surface area contributed by atoms with Crippen molar-refractivity contribution in [2.75, 3.05) is 47.5 Å². The van der Waals surface area contributed by atoms with Crippen LogP contribution in [0.1, 0.15) is 40.2 Å². The fourth-order valence-corrected chi connectivity index (χ4v) is 4.90. The van der Waals surface area contributed by atoms with Gasteiger partial charge in [-0.1, -0.05) is 6.07 Å². The Balaban J connectivity index is 1.25. The standard InChI is InChI=1S/C26H34N2O4/c1-17-11-20-12-21(22(20)15-23(17)30-2)16-27-8-5-26(29)28-9-6-18-13-24(31-3)25(32-4)14-19(18)7-10-28/h11,13-15,21,27H,5-10,12,16H2,1-4H3. The van der Waals surface area contributed by atoms with Gasteiger partial charge in [0.1, 0.15) is 5.75 Å². The number of hydrogen-bond donors (Lipinski definition) is 1. The van der Waals surface area contributed by atoms with Gasteiger partial charge in [-0.3, -0.25) is 4.79 Å². The number of rotatable bonds is 8. The van der Waals surface area contributed by atoms with Gasteiger partial charge in [-0.05, 0) is 72.2 Å². The van der Waals surface area contributed by atoms with Gasteiger partial charge in [0, 0.05) is 38.5 Å². The average molecular weight is 439 g/mol. The lowest BCUT2D eigenvalue weighted by molar-refractivity contribution is -0.131. The molecule has 1 heterocycles. The predicted octanol–water partition coefficient (Wildman–Crippen LogP) is 3.27. The van der Waals surface area contributed by atoms with Crippen LogP contribution in [0.25, 0.3) is 0 Å². The van der Waals surface area contributed by atoms with Crippen molar-refractivity contribution < 1.29 is 19.0 Å². The summed E-state index contributed by atoms with van der Waals surface area (Å²) >= 11 is 0. The second-order valence-corrected chi connectivity index (χ2v) is 8.73. The van der Waals surface area contributed by atoms with Gasteiger partial charge < -0.3 is 24.4 Å². The minimum Gasteiger partial charge on any atom is -0.496 e. The predicted molar refractivity (Wildman–Crippen MR) is 125 cm³/mol. The molecule has 0 fully saturated rings. The van der Waals surface area contributed by atoms with E-state index < -0.39 is 0 Å². The van der Waals surface area contributed by atoms with E-state index in [2.05, 4.69) is 36.5 Å². The Bertz CT molecular complexity index is 953. The molecular formula is C26H34N2O4. The minimum atomic E-state index is 0.218. The third-order valence-corrected chi connectivity index (χ3v) is 6.83. The van der Waals surface area contributed by atoms with Gasteiger partial charge in [-0.25, -0.2) is 0 Å². The van der Waals surface area contributed by atoms with E-state index in [0.717, 1.165) is 56.1 Å².